The summed E-state index contributed by atoms with van der Waals surface area (Å²) in [6, 6.07) is 4.51. The quantitative estimate of drug-likeness (QED) is 0.426. The van der Waals surface area contributed by atoms with Gasteiger partial charge >= 0.3 is 11.5 Å². The molecular weight excluding hydrogens is 406 g/mol. The molecule has 0 atom stereocenters. The fourth-order valence-corrected chi connectivity index (χ4v) is 3.09. The van der Waals surface area contributed by atoms with E-state index in [0.29, 0.717) is 3.57 Å². The molecule has 0 unspecified atom stereocenters. The fourth-order valence-electron chi connectivity index (χ4n) is 1.47. The van der Waals surface area contributed by atoms with Crippen LogP contribution in [-0.2, 0) is 16.0 Å². The molecule has 0 N–H and O–H groups in total. The second-order valence-electron chi connectivity index (χ2n) is 3.58. The number of benzene rings is 1. The van der Waals surface area contributed by atoms with Crippen LogP contribution in [0.1, 0.15) is 18.1 Å². The van der Waals surface area contributed by atoms with E-state index in [2.05, 4.69) is 0 Å². The summed E-state index contributed by atoms with van der Waals surface area (Å²) in [5.74, 6) is -0.575. The minimum absolute atomic E-state index is 0.138. The highest BCUT2D eigenvalue weighted by molar-refractivity contribution is 14.1. The molecule has 0 heterocycles. The number of ether oxygens (including phenoxy) is 1. The van der Waals surface area contributed by atoms with Crippen LogP contribution < -0.4 is 0 Å². The van der Waals surface area contributed by atoms with E-state index in [4.69, 9.17) is 10.00 Å². The van der Waals surface area contributed by atoms with Crippen LogP contribution in [0.3, 0.4) is 0 Å². The largest absolute Gasteiger partial charge is 0.466 e. The van der Waals surface area contributed by atoms with Gasteiger partial charge < -0.3 is 4.74 Å². The molecule has 0 aliphatic carbocycles. The molecule has 0 fully saturated rings. The van der Waals surface area contributed by atoms with Gasteiger partial charge in [0.2, 0.25) is 0 Å². The Labute approximate surface area is 131 Å². The second-order valence-corrected chi connectivity index (χ2v) is 5.93. The van der Waals surface area contributed by atoms with Crippen molar-refractivity contribution in [3.8, 4) is 6.07 Å². The maximum absolute atomic E-state index is 12.5. The molecule has 20 heavy (non-hydrogen) atoms. The maximum atomic E-state index is 12.5. The van der Waals surface area contributed by atoms with Gasteiger partial charge in [0.1, 0.15) is 6.07 Å². The van der Waals surface area contributed by atoms with Gasteiger partial charge in [-0.2, -0.15) is 18.4 Å². The topological polar surface area (TPSA) is 50.1 Å². The summed E-state index contributed by atoms with van der Waals surface area (Å²) in [7, 11) is 0. The van der Waals surface area contributed by atoms with E-state index < -0.39 is 11.5 Å². The van der Waals surface area contributed by atoms with Crippen LogP contribution in [-0.4, -0.2) is 18.1 Å². The third-order valence-electron chi connectivity index (χ3n) is 2.13. The fraction of sp³-hybridized carbons (Fsp3) is 0.333. The molecule has 0 aliphatic rings. The van der Waals surface area contributed by atoms with Gasteiger partial charge in [-0.1, -0.05) is 0 Å². The molecule has 0 bridgehead atoms. The van der Waals surface area contributed by atoms with Crippen molar-refractivity contribution in [1.82, 2.24) is 0 Å². The predicted octanol–water partition coefficient (Wildman–Crippen LogP) is 3.88. The number of esters is 1. The number of hydrogen-bond acceptors (Lipinski definition) is 4. The van der Waals surface area contributed by atoms with Gasteiger partial charge in [-0.25, -0.2) is 0 Å². The van der Waals surface area contributed by atoms with E-state index in [0.717, 1.165) is 0 Å². The van der Waals surface area contributed by atoms with Gasteiger partial charge in [-0.05, 0) is 59.0 Å². The molecule has 1 aromatic carbocycles. The lowest BCUT2D eigenvalue weighted by Crippen LogP contribution is -2.10. The van der Waals surface area contributed by atoms with Crippen LogP contribution in [0.2, 0.25) is 0 Å². The van der Waals surface area contributed by atoms with Crippen LogP contribution in [0.15, 0.2) is 17.0 Å². The van der Waals surface area contributed by atoms with Gasteiger partial charge in [-0.15, -0.1) is 0 Å². The van der Waals surface area contributed by atoms with Crippen molar-refractivity contribution in [3.05, 3.63) is 26.8 Å². The Balaban J connectivity index is 3.18. The summed E-state index contributed by atoms with van der Waals surface area (Å²) < 4.78 is 42.7. The Bertz CT molecular complexity index is 555. The monoisotopic (exact) mass is 415 g/mol. The van der Waals surface area contributed by atoms with Gasteiger partial charge in [-0.3, -0.25) is 4.79 Å². The zero-order chi connectivity index (χ0) is 15.3. The van der Waals surface area contributed by atoms with Crippen molar-refractivity contribution >= 4 is 40.3 Å². The first-order chi connectivity index (χ1) is 9.26. The number of nitrogens with zero attached hydrogens (tertiary/aromatic N) is 1. The van der Waals surface area contributed by atoms with E-state index in [1.54, 1.807) is 13.0 Å². The number of rotatable bonds is 4. The molecule has 1 rings (SSSR count). The van der Waals surface area contributed by atoms with E-state index in [9.17, 15) is 18.0 Å². The zero-order valence-electron chi connectivity index (χ0n) is 10.3. The first kappa shape index (κ1) is 17.1. The lowest BCUT2D eigenvalue weighted by molar-refractivity contribution is -0.142. The number of carbonyl (C=O) groups is 1. The van der Waals surface area contributed by atoms with Crippen molar-refractivity contribution < 1.29 is 22.7 Å². The Kier molecular flexibility index (Phi) is 6.13. The lowest BCUT2D eigenvalue weighted by atomic mass is 10.1. The minimum Gasteiger partial charge on any atom is -0.466 e. The highest BCUT2D eigenvalue weighted by Crippen LogP contribution is 2.40. The lowest BCUT2D eigenvalue weighted by Gasteiger charge is -2.11. The molecule has 0 radical (unpaired) electrons. The molecule has 0 aromatic heterocycles. The molecule has 0 saturated carbocycles. The summed E-state index contributed by atoms with van der Waals surface area (Å²) in [5, 5.41) is 9.04. The summed E-state index contributed by atoms with van der Waals surface area (Å²) in [4.78, 5) is 11.2. The van der Waals surface area contributed by atoms with Crippen molar-refractivity contribution in [1.29, 1.82) is 5.26 Å². The average molecular weight is 415 g/mol. The minimum atomic E-state index is -4.49. The van der Waals surface area contributed by atoms with Crippen molar-refractivity contribution in [2.45, 2.75) is 23.7 Å². The number of alkyl halides is 3. The smallest absolute Gasteiger partial charge is 0.446 e. The van der Waals surface area contributed by atoms with Gasteiger partial charge in [0, 0.05) is 8.47 Å². The van der Waals surface area contributed by atoms with Crippen LogP contribution in [0.25, 0.3) is 0 Å². The average Bonchev–Trinajstić information content (AvgIpc) is 2.26. The highest BCUT2D eigenvalue weighted by Gasteiger charge is 2.31. The molecule has 1 aromatic rings. The summed E-state index contributed by atoms with van der Waals surface area (Å²) in [6.07, 6.45) is -0.223. The Morgan fingerprint density at radius 1 is 1.50 bits per heavy atom. The molecule has 0 saturated heterocycles. The van der Waals surface area contributed by atoms with Crippen molar-refractivity contribution in [2.75, 3.05) is 6.61 Å². The first-order valence-electron chi connectivity index (χ1n) is 5.40. The Morgan fingerprint density at radius 3 is 2.65 bits per heavy atom. The third-order valence-corrected chi connectivity index (χ3v) is 3.52. The van der Waals surface area contributed by atoms with Crippen LogP contribution >= 0.6 is 34.4 Å². The zero-order valence-corrected chi connectivity index (χ0v) is 13.2. The molecule has 0 spiro atoms. The number of hydrogen-bond donors (Lipinski definition) is 0. The van der Waals surface area contributed by atoms with Crippen molar-refractivity contribution in [2.24, 2.45) is 0 Å². The molecule has 0 amide bonds. The number of nitriles is 1. The van der Waals surface area contributed by atoms with Gasteiger partial charge in [0.15, 0.2) is 0 Å². The van der Waals surface area contributed by atoms with Crippen LogP contribution in [0.4, 0.5) is 13.2 Å². The van der Waals surface area contributed by atoms with Crippen LogP contribution in [0, 0.1) is 14.9 Å². The third kappa shape index (κ3) is 5.20. The summed E-state index contributed by atoms with van der Waals surface area (Å²) >= 11 is 1.48. The van der Waals surface area contributed by atoms with E-state index in [1.165, 1.54) is 12.1 Å². The maximum Gasteiger partial charge on any atom is 0.446 e. The second kappa shape index (κ2) is 7.17. The highest BCUT2D eigenvalue weighted by atomic mass is 127. The van der Waals surface area contributed by atoms with Gasteiger partial charge in [0.25, 0.3) is 0 Å². The van der Waals surface area contributed by atoms with Gasteiger partial charge in [0.05, 0.1) is 18.6 Å². The molecule has 3 nitrogen and oxygen atoms in total. The predicted molar refractivity (Wildman–Crippen MR) is 76.1 cm³/mol. The molecule has 108 valence electrons. The number of carbonyl (C=O) groups excluding carboxylic acids is 1. The number of halogens is 4. The SMILES string of the molecule is CCOC(=O)Cc1cc(I)cc(SC(F)(F)F)c1C#N. The number of thioether (sulfide) groups is 1. The standard InChI is InChI=1S/C12H9F3INO2S/c1-2-19-11(18)4-7-3-8(16)5-10(9(7)6-17)20-12(13,14)15/h3,5H,2,4H2,1H3. The summed E-state index contributed by atoms with van der Waals surface area (Å²) in [5.41, 5.74) is -4.39. The normalized spacial score (nSPS) is 11.0. The molecule has 0 aliphatic heterocycles. The van der Waals surface area contributed by atoms with E-state index in [1.807, 2.05) is 22.6 Å². The first-order valence-corrected chi connectivity index (χ1v) is 7.30. The Hall–Kier alpha value is -0.950. The van der Waals surface area contributed by atoms with E-state index >= 15 is 0 Å². The van der Waals surface area contributed by atoms with Crippen molar-refractivity contribution in [3.63, 3.8) is 0 Å². The van der Waals surface area contributed by atoms with Crippen LogP contribution in [0.5, 0.6) is 0 Å². The summed E-state index contributed by atoms with van der Waals surface area (Å²) in [6.45, 7) is 1.80. The molecular formula is C12H9F3INO2S. The Morgan fingerprint density at radius 2 is 2.15 bits per heavy atom. The molecule has 8 heteroatoms. The van der Waals surface area contributed by atoms with E-state index in [-0.39, 0.29) is 40.8 Å².